The largest absolute Gasteiger partial charge is 0.478 e. The summed E-state index contributed by atoms with van der Waals surface area (Å²) in [6.07, 6.45) is 5.37. The first kappa shape index (κ1) is 19.2. The first-order valence-electron chi connectivity index (χ1n) is 8.32. The van der Waals surface area contributed by atoms with Gasteiger partial charge in [-0.1, -0.05) is 27.2 Å². The molecule has 4 N–H and O–H groups in total. The molecule has 0 unspecified atom stereocenters. The van der Waals surface area contributed by atoms with E-state index in [-0.39, 0.29) is 5.41 Å². The molecule has 0 radical (unpaired) electrons. The van der Waals surface area contributed by atoms with E-state index in [4.69, 9.17) is 10.8 Å². The molecule has 0 aliphatic heterocycles. The van der Waals surface area contributed by atoms with Gasteiger partial charge in [-0.05, 0) is 36.2 Å². The number of fused-ring (bicyclic) bond motifs is 1. The third-order valence-corrected chi connectivity index (χ3v) is 6.31. The van der Waals surface area contributed by atoms with Crippen molar-refractivity contribution in [2.75, 3.05) is 5.32 Å². The summed E-state index contributed by atoms with van der Waals surface area (Å²) >= 11 is 1.37. The number of thiophene rings is 1. The zero-order valence-corrected chi connectivity index (χ0v) is 15.5. The van der Waals surface area contributed by atoms with Gasteiger partial charge in [-0.2, -0.15) is 0 Å². The molecule has 0 spiro atoms. The van der Waals surface area contributed by atoms with Crippen LogP contribution < -0.4 is 11.1 Å². The van der Waals surface area contributed by atoms with E-state index in [1.807, 2.05) is 0 Å². The minimum absolute atomic E-state index is 0.211. The predicted octanol–water partition coefficient (Wildman–Crippen LogP) is 2.97. The van der Waals surface area contributed by atoms with Crippen molar-refractivity contribution in [1.82, 2.24) is 0 Å². The van der Waals surface area contributed by atoms with E-state index in [9.17, 15) is 14.4 Å². The topological polar surface area (TPSA) is 109 Å². The van der Waals surface area contributed by atoms with Gasteiger partial charge in [-0.15, -0.1) is 11.3 Å². The number of carbonyl (C=O) groups excluding carboxylic acids is 2. The highest BCUT2D eigenvalue weighted by atomic mass is 32.1. The highest BCUT2D eigenvalue weighted by molar-refractivity contribution is 7.17. The molecule has 1 aromatic heterocycles. The van der Waals surface area contributed by atoms with E-state index in [0.717, 1.165) is 48.3 Å². The Bertz CT molecular complexity index is 734. The van der Waals surface area contributed by atoms with Crippen LogP contribution in [-0.4, -0.2) is 22.9 Å². The van der Waals surface area contributed by atoms with Gasteiger partial charge in [0.25, 0.3) is 5.91 Å². The summed E-state index contributed by atoms with van der Waals surface area (Å²) in [6, 6.07) is 0. The van der Waals surface area contributed by atoms with Crippen LogP contribution in [0.4, 0.5) is 5.00 Å². The van der Waals surface area contributed by atoms with Crippen molar-refractivity contribution in [2.45, 2.75) is 46.5 Å². The van der Waals surface area contributed by atoms with Crippen molar-refractivity contribution >= 4 is 34.1 Å². The highest BCUT2D eigenvalue weighted by Crippen LogP contribution is 2.45. The average Bonchev–Trinajstić information content (AvgIpc) is 2.89. The van der Waals surface area contributed by atoms with Gasteiger partial charge in [0.1, 0.15) is 5.00 Å². The number of rotatable bonds is 6. The fourth-order valence-electron chi connectivity index (χ4n) is 3.19. The summed E-state index contributed by atoms with van der Waals surface area (Å²) in [4.78, 5) is 35.4. The van der Waals surface area contributed by atoms with Gasteiger partial charge < -0.3 is 16.2 Å². The minimum atomic E-state index is -1.21. The molecule has 1 heterocycles. The molecule has 1 atom stereocenters. The number of nitrogens with two attached hydrogens (primary N) is 1. The third kappa shape index (κ3) is 4.28. The van der Waals surface area contributed by atoms with Crippen molar-refractivity contribution in [3.8, 4) is 0 Å². The maximum absolute atomic E-state index is 11.9. The zero-order valence-electron chi connectivity index (χ0n) is 14.7. The van der Waals surface area contributed by atoms with Crippen LogP contribution in [0.5, 0.6) is 0 Å². The quantitative estimate of drug-likeness (QED) is 0.674. The lowest BCUT2D eigenvalue weighted by molar-refractivity contribution is -0.131. The van der Waals surface area contributed by atoms with Crippen molar-refractivity contribution in [2.24, 2.45) is 17.1 Å². The maximum atomic E-state index is 11.9. The SMILES string of the molecule is CCC(C)(C)[C@H]1CCc2c(sc(NC(=O)/C=C/C(=O)O)c2C(N)=O)C1. The Kier molecular flexibility index (Phi) is 5.67. The fraction of sp³-hybridized carbons (Fsp3) is 0.500. The first-order valence-corrected chi connectivity index (χ1v) is 9.13. The lowest BCUT2D eigenvalue weighted by Gasteiger charge is -2.36. The summed E-state index contributed by atoms with van der Waals surface area (Å²) in [7, 11) is 0. The molecule has 6 nitrogen and oxygen atoms in total. The summed E-state index contributed by atoms with van der Waals surface area (Å²) < 4.78 is 0. The molecule has 2 amide bonds. The van der Waals surface area contributed by atoms with Gasteiger partial charge in [0.2, 0.25) is 5.91 Å². The van der Waals surface area contributed by atoms with Crippen LogP contribution in [0.2, 0.25) is 0 Å². The number of carbonyl (C=O) groups is 3. The van der Waals surface area contributed by atoms with E-state index in [1.54, 1.807) is 0 Å². The number of aliphatic carboxylic acids is 1. The number of amides is 2. The van der Waals surface area contributed by atoms with Crippen molar-refractivity contribution in [1.29, 1.82) is 0 Å². The van der Waals surface area contributed by atoms with Crippen molar-refractivity contribution in [3.05, 3.63) is 28.2 Å². The average molecular weight is 364 g/mol. The van der Waals surface area contributed by atoms with Crippen LogP contribution in [0, 0.1) is 11.3 Å². The Hall–Kier alpha value is -2.15. The van der Waals surface area contributed by atoms with Crippen LogP contribution >= 0.6 is 11.3 Å². The zero-order chi connectivity index (χ0) is 18.8. The van der Waals surface area contributed by atoms with Gasteiger partial charge in [0.05, 0.1) is 5.56 Å². The number of hydrogen-bond acceptors (Lipinski definition) is 4. The first-order chi connectivity index (χ1) is 11.7. The second-order valence-corrected chi connectivity index (χ2v) is 8.12. The molecule has 0 fully saturated rings. The van der Waals surface area contributed by atoms with Crippen LogP contribution in [0.25, 0.3) is 0 Å². The third-order valence-electron chi connectivity index (χ3n) is 5.14. The monoisotopic (exact) mass is 364 g/mol. The van der Waals surface area contributed by atoms with Crippen molar-refractivity contribution in [3.63, 3.8) is 0 Å². The van der Waals surface area contributed by atoms with Crippen LogP contribution in [0.1, 0.15) is 54.4 Å². The van der Waals surface area contributed by atoms with E-state index < -0.39 is 17.8 Å². The summed E-state index contributed by atoms with van der Waals surface area (Å²) in [5, 5.41) is 11.6. The molecule has 2 rings (SSSR count). The number of hydrogen-bond donors (Lipinski definition) is 3. The molecule has 0 saturated heterocycles. The predicted molar refractivity (Wildman–Crippen MR) is 97.8 cm³/mol. The number of carboxylic acids is 1. The lowest BCUT2D eigenvalue weighted by atomic mass is 9.69. The number of primary amides is 1. The number of nitrogens with one attached hydrogen (secondary N) is 1. The van der Waals surface area contributed by atoms with E-state index in [1.165, 1.54) is 11.3 Å². The molecule has 7 heteroatoms. The molecule has 0 saturated carbocycles. The smallest absolute Gasteiger partial charge is 0.328 e. The lowest BCUT2D eigenvalue weighted by Crippen LogP contribution is -2.29. The summed E-state index contributed by atoms with van der Waals surface area (Å²) in [6.45, 7) is 6.69. The number of carboxylic acid groups (broad SMARTS) is 1. The number of anilines is 1. The van der Waals surface area contributed by atoms with Gasteiger partial charge in [0.15, 0.2) is 0 Å². The van der Waals surface area contributed by atoms with Gasteiger partial charge in [0, 0.05) is 17.0 Å². The van der Waals surface area contributed by atoms with E-state index >= 15 is 0 Å². The molecule has 136 valence electrons. The molecule has 1 aliphatic rings. The minimum Gasteiger partial charge on any atom is -0.478 e. The highest BCUT2D eigenvalue weighted by Gasteiger charge is 2.34. The van der Waals surface area contributed by atoms with Crippen LogP contribution in [-0.2, 0) is 22.4 Å². The second-order valence-electron chi connectivity index (χ2n) is 7.01. The Morgan fingerprint density at radius 3 is 2.60 bits per heavy atom. The fourth-order valence-corrected chi connectivity index (χ4v) is 4.53. The van der Waals surface area contributed by atoms with Crippen LogP contribution in [0.3, 0.4) is 0 Å². The summed E-state index contributed by atoms with van der Waals surface area (Å²) in [5.41, 5.74) is 7.04. The Labute approximate surface area is 151 Å². The standard InChI is InChI=1S/C18H24N2O4S/c1-4-18(2,3)10-5-6-11-12(9-10)25-17(15(11)16(19)24)20-13(21)7-8-14(22)23/h7-8,10H,4-6,9H2,1-3H3,(H2,19,24)(H,20,21)(H,22,23)/b8-7+/t10-/m0/s1. The molecule has 1 aromatic rings. The molecular formula is C18H24N2O4S. The summed E-state index contributed by atoms with van der Waals surface area (Å²) in [5.74, 6) is -1.85. The second kappa shape index (κ2) is 7.39. The Balaban J connectivity index is 2.30. The van der Waals surface area contributed by atoms with Crippen molar-refractivity contribution < 1.29 is 19.5 Å². The van der Waals surface area contributed by atoms with Gasteiger partial charge >= 0.3 is 5.97 Å². The maximum Gasteiger partial charge on any atom is 0.328 e. The van der Waals surface area contributed by atoms with Gasteiger partial charge in [-0.3, -0.25) is 9.59 Å². The molecule has 0 aromatic carbocycles. The van der Waals surface area contributed by atoms with E-state index in [2.05, 4.69) is 26.1 Å². The van der Waals surface area contributed by atoms with Gasteiger partial charge in [-0.25, -0.2) is 4.79 Å². The van der Waals surface area contributed by atoms with Crippen LogP contribution in [0.15, 0.2) is 12.2 Å². The van der Waals surface area contributed by atoms with E-state index in [0.29, 0.717) is 16.5 Å². The molecule has 25 heavy (non-hydrogen) atoms. The molecule has 1 aliphatic carbocycles. The molecule has 0 bridgehead atoms. The normalized spacial score (nSPS) is 17.3. The Morgan fingerprint density at radius 1 is 1.36 bits per heavy atom. The Morgan fingerprint density at radius 2 is 2.04 bits per heavy atom. The molecular weight excluding hydrogens is 340 g/mol.